The van der Waals surface area contributed by atoms with Gasteiger partial charge in [0.15, 0.2) is 5.13 Å². The van der Waals surface area contributed by atoms with Crippen LogP contribution in [0.1, 0.15) is 22.5 Å². The number of carbonyl (C=O) groups excluding carboxylic acids is 1. The molecule has 1 amide bonds. The molecule has 8 heteroatoms. The monoisotopic (exact) mass is 370 g/mol. The number of benzene rings is 1. The third-order valence-corrected chi connectivity index (χ3v) is 4.59. The predicted octanol–water partition coefficient (Wildman–Crippen LogP) is 3.45. The largest absolute Gasteiger partial charge is 0.382 e. The van der Waals surface area contributed by atoms with Crippen molar-refractivity contribution in [3.63, 3.8) is 0 Å². The number of nitrogen functional groups attached to an aromatic ring is 1. The summed E-state index contributed by atoms with van der Waals surface area (Å²) >= 11 is 4.26. The van der Waals surface area contributed by atoms with Crippen LogP contribution in [0.2, 0.25) is 0 Å². The Balaban J connectivity index is 1.74. The summed E-state index contributed by atoms with van der Waals surface area (Å²) in [4.78, 5) is 16.6. The number of nitrogens with two attached hydrogens (primary N) is 1. The van der Waals surface area contributed by atoms with Crippen LogP contribution in [0.25, 0.3) is 0 Å². The molecule has 0 saturated heterocycles. The van der Waals surface area contributed by atoms with Crippen LogP contribution in [0.5, 0.6) is 0 Å². The van der Waals surface area contributed by atoms with Gasteiger partial charge >= 0.3 is 0 Å². The van der Waals surface area contributed by atoms with Crippen molar-refractivity contribution in [1.29, 1.82) is 0 Å². The topological polar surface area (TPSA) is 80.0 Å². The fourth-order valence-electron chi connectivity index (χ4n) is 1.72. The van der Waals surface area contributed by atoms with E-state index in [4.69, 9.17) is 5.73 Å². The lowest BCUT2D eigenvalue weighted by Crippen LogP contribution is -2.12. The van der Waals surface area contributed by atoms with Crippen molar-refractivity contribution in [3.05, 3.63) is 33.4 Å². The van der Waals surface area contributed by atoms with E-state index in [-0.39, 0.29) is 5.82 Å². The summed E-state index contributed by atoms with van der Waals surface area (Å²) in [6, 6.07) is 4.81. The number of anilines is 3. The van der Waals surface area contributed by atoms with Crippen LogP contribution >= 0.6 is 27.3 Å². The Kier molecular flexibility index (Phi) is 3.81. The lowest BCUT2D eigenvalue weighted by molar-refractivity contribution is 0.103. The maximum Gasteiger partial charge on any atom is 0.269 e. The Morgan fingerprint density at radius 3 is 2.90 bits per heavy atom. The summed E-state index contributed by atoms with van der Waals surface area (Å²) in [7, 11) is 0. The highest BCUT2D eigenvalue weighted by molar-refractivity contribution is 9.10. The number of thiazole rings is 1. The Bertz CT molecular complexity index is 701. The summed E-state index contributed by atoms with van der Waals surface area (Å²) in [6.07, 6.45) is 2.22. The van der Waals surface area contributed by atoms with Crippen LogP contribution in [0.4, 0.5) is 21.0 Å². The highest BCUT2D eigenvalue weighted by Gasteiger charge is 2.24. The molecule has 110 valence electrons. The van der Waals surface area contributed by atoms with Gasteiger partial charge in [0.1, 0.15) is 16.5 Å². The molecular weight excluding hydrogens is 359 g/mol. The smallest absolute Gasteiger partial charge is 0.269 e. The minimum atomic E-state index is -0.443. The molecular formula is C13H12BrFN4OS. The molecule has 4 N–H and O–H groups in total. The van der Waals surface area contributed by atoms with E-state index >= 15 is 0 Å². The van der Waals surface area contributed by atoms with Crippen LogP contribution in [0.3, 0.4) is 0 Å². The number of aromatic nitrogens is 1. The van der Waals surface area contributed by atoms with Crippen LogP contribution in [0.15, 0.2) is 22.7 Å². The Morgan fingerprint density at radius 1 is 1.48 bits per heavy atom. The SMILES string of the molecule is Nc1nc(NC2CC2)sc1C(=O)Nc1ccc(Br)c(F)c1. The van der Waals surface area contributed by atoms with Gasteiger partial charge in [-0.25, -0.2) is 9.37 Å². The average molecular weight is 371 g/mol. The standard InChI is InChI=1S/C13H12BrFN4OS/c14-8-4-3-7(5-9(8)15)17-12(20)10-11(16)19-13(21-10)18-6-1-2-6/h3-6H,1-2,16H2,(H,17,20)(H,18,19). The Morgan fingerprint density at radius 2 is 2.24 bits per heavy atom. The number of rotatable bonds is 4. The zero-order valence-electron chi connectivity index (χ0n) is 10.8. The van der Waals surface area contributed by atoms with Gasteiger partial charge in [0.05, 0.1) is 4.47 Å². The quantitative estimate of drug-likeness (QED) is 0.769. The predicted molar refractivity (Wildman–Crippen MR) is 85.2 cm³/mol. The van der Waals surface area contributed by atoms with E-state index in [0.717, 1.165) is 12.8 Å². The molecule has 1 fully saturated rings. The molecule has 0 aliphatic heterocycles. The van der Waals surface area contributed by atoms with Crippen LogP contribution in [-0.2, 0) is 0 Å². The summed E-state index contributed by atoms with van der Waals surface area (Å²) in [5.74, 6) is -0.657. The van der Waals surface area contributed by atoms with Crippen molar-refractivity contribution in [3.8, 4) is 0 Å². The molecule has 1 aromatic heterocycles. The van der Waals surface area contributed by atoms with Gasteiger partial charge in [-0.3, -0.25) is 4.79 Å². The van der Waals surface area contributed by atoms with E-state index in [9.17, 15) is 9.18 Å². The van der Waals surface area contributed by atoms with Gasteiger partial charge in [0.2, 0.25) is 0 Å². The van der Waals surface area contributed by atoms with Crippen molar-refractivity contribution in [1.82, 2.24) is 4.98 Å². The first-order valence-electron chi connectivity index (χ1n) is 6.32. The van der Waals surface area contributed by atoms with Crippen molar-refractivity contribution >= 4 is 49.8 Å². The van der Waals surface area contributed by atoms with E-state index in [0.29, 0.717) is 26.2 Å². The number of amides is 1. The zero-order chi connectivity index (χ0) is 15.0. The van der Waals surface area contributed by atoms with Crippen LogP contribution in [-0.4, -0.2) is 16.9 Å². The summed E-state index contributed by atoms with van der Waals surface area (Å²) < 4.78 is 13.8. The third kappa shape index (κ3) is 3.33. The Hall–Kier alpha value is -1.67. The van der Waals surface area contributed by atoms with E-state index < -0.39 is 11.7 Å². The number of halogens is 2. The normalized spacial score (nSPS) is 14.0. The van der Waals surface area contributed by atoms with E-state index in [1.165, 1.54) is 23.5 Å². The lowest BCUT2D eigenvalue weighted by Gasteiger charge is -2.04. The maximum atomic E-state index is 13.4. The molecule has 0 atom stereocenters. The first-order valence-corrected chi connectivity index (χ1v) is 7.93. The van der Waals surface area contributed by atoms with E-state index in [1.807, 2.05) is 0 Å². The summed E-state index contributed by atoms with van der Waals surface area (Å²) in [5.41, 5.74) is 6.13. The molecule has 0 radical (unpaired) electrons. The minimum absolute atomic E-state index is 0.179. The fraction of sp³-hybridized carbons (Fsp3) is 0.231. The van der Waals surface area contributed by atoms with Gasteiger partial charge in [0, 0.05) is 11.7 Å². The molecule has 3 rings (SSSR count). The highest BCUT2D eigenvalue weighted by atomic mass is 79.9. The van der Waals surface area contributed by atoms with Gasteiger partial charge in [-0.2, -0.15) is 0 Å². The molecule has 0 unspecified atom stereocenters. The lowest BCUT2D eigenvalue weighted by atomic mass is 10.3. The van der Waals surface area contributed by atoms with Gasteiger partial charge < -0.3 is 16.4 Å². The van der Waals surface area contributed by atoms with Crippen molar-refractivity contribution in [2.24, 2.45) is 0 Å². The molecule has 0 bridgehead atoms. The molecule has 5 nitrogen and oxygen atoms in total. The second-order valence-electron chi connectivity index (χ2n) is 4.74. The molecule has 0 spiro atoms. The van der Waals surface area contributed by atoms with Crippen LogP contribution in [0, 0.1) is 5.82 Å². The number of nitrogens with one attached hydrogen (secondary N) is 2. The summed E-state index contributed by atoms with van der Waals surface area (Å²) in [5, 5.41) is 6.45. The van der Waals surface area contributed by atoms with Crippen molar-refractivity contribution in [2.45, 2.75) is 18.9 Å². The zero-order valence-corrected chi connectivity index (χ0v) is 13.2. The number of hydrogen-bond donors (Lipinski definition) is 3. The molecule has 1 saturated carbocycles. The molecule has 1 aliphatic carbocycles. The van der Waals surface area contributed by atoms with E-state index in [1.54, 1.807) is 6.07 Å². The first kappa shape index (κ1) is 14.3. The van der Waals surface area contributed by atoms with Crippen LogP contribution < -0.4 is 16.4 Å². The average Bonchev–Trinajstić information content (AvgIpc) is 3.16. The summed E-state index contributed by atoms with van der Waals surface area (Å²) in [6.45, 7) is 0. The van der Waals surface area contributed by atoms with Gasteiger partial charge in [-0.15, -0.1) is 0 Å². The van der Waals surface area contributed by atoms with Gasteiger partial charge in [0.25, 0.3) is 5.91 Å². The van der Waals surface area contributed by atoms with Gasteiger partial charge in [-0.1, -0.05) is 11.3 Å². The fourth-order valence-corrected chi connectivity index (χ4v) is 2.82. The van der Waals surface area contributed by atoms with Gasteiger partial charge in [-0.05, 0) is 47.0 Å². The molecule has 1 aromatic carbocycles. The molecule has 2 aromatic rings. The minimum Gasteiger partial charge on any atom is -0.382 e. The Labute approximate surface area is 132 Å². The number of nitrogens with zero attached hydrogens (tertiary/aromatic N) is 1. The molecule has 1 heterocycles. The maximum absolute atomic E-state index is 13.4. The number of carbonyl (C=O) groups is 1. The van der Waals surface area contributed by atoms with Crippen molar-refractivity contribution < 1.29 is 9.18 Å². The second kappa shape index (κ2) is 5.61. The highest BCUT2D eigenvalue weighted by Crippen LogP contribution is 2.31. The molecule has 21 heavy (non-hydrogen) atoms. The van der Waals surface area contributed by atoms with Crippen molar-refractivity contribution in [2.75, 3.05) is 16.4 Å². The second-order valence-corrected chi connectivity index (χ2v) is 6.59. The third-order valence-electron chi connectivity index (χ3n) is 2.94. The van der Waals surface area contributed by atoms with E-state index in [2.05, 4.69) is 31.5 Å². The first-order chi connectivity index (χ1) is 10.0. The molecule has 1 aliphatic rings. The number of hydrogen-bond acceptors (Lipinski definition) is 5.